The van der Waals surface area contributed by atoms with E-state index in [1.54, 1.807) is 6.07 Å². The van der Waals surface area contributed by atoms with Crippen molar-refractivity contribution in [3.8, 4) is 0 Å². The van der Waals surface area contributed by atoms with Crippen LogP contribution in [0, 0.1) is 19.8 Å². The maximum absolute atomic E-state index is 12.1. The second-order valence-electron chi connectivity index (χ2n) is 6.33. The number of ketones is 1. The first-order valence-electron chi connectivity index (χ1n) is 8.22. The zero-order chi connectivity index (χ0) is 18.1. The van der Waals surface area contributed by atoms with Gasteiger partial charge in [-0.1, -0.05) is 26.0 Å². The molecule has 0 aliphatic rings. The summed E-state index contributed by atoms with van der Waals surface area (Å²) in [6, 6.07) is 5.58. The maximum atomic E-state index is 12.1. The molecular formula is C18H27N3O2S. The highest BCUT2D eigenvalue weighted by atomic mass is 32.1. The highest BCUT2D eigenvalue weighted by molar-refractivity contribution is 7.80. The van der Waals surface area contributed by atoms with Gasteiger partial charge in [0.15, 0.2) is 10.9 Å². The lowest BCUT2D eigenvalue weighted by molar-refractivity contribution is -0.121. The zero-order valence-electron chi connectivity index (χ0n) is 14.9. The Morgan fingerprint density at radius 3 is 2.42 bits per heavy atom. The van der Waals surface area contributed by atoms with Crippen LogP contribution in [0.2, 0.25) is 0 Å². The second kappa shape index (κ2) is 10.0. The van der Waals surface area contributed by atoms with E-state index in [-0.39, 0.29) is 24.5 Å². The average Bonchev–Trinajstić information content (AvgIpc) is 2.52. The molecule has 0 heterocycles. The third-order valence-electron chi connectivity index (χ3n) is 3.73. The summed E-state index contributed by atoms with van der Waals surface area (Å²) < 4.78 is 0. The highest BCUT2D eigenvalue weighted by Gasteiger charge is 2.10. The molecule has 0 saturated carbocycles. The van der Waals surface area contributed by atoms with Gasteiger partial charge in [0.25, 0.3) is 0 Å². The summed E-state index contributed by atoms with van der Waals surface area (Å²) in [5.74, 6) is 0.289. The van der Waals surface area contributed by atoms with Crippen molar-refractivity contribution in [2.45, 2.75) is 47.0 Å². The molecule has 0 saturated heterocycles. The average molecular weight is 350 g/mol. The van der Waals surface area contributed by atoms with Crippen LogP contribution < -0.4 is 16.2 Å². The van der Waals surface area contributed by atoms with Crippen molar-refractivity contribution in [2.24, 2.45) is 5.92 Å². The van der Waals surface area contributed by atoms with Gasteiger partial charge in [0.1, 0.15) is 0 Å². The van der Waals surface area contributed by atoms with E-state index in [9.17, 15) is 9.59 Å². The van der Waals surface area contributed by atoms with Crippen LogP contribution in [0.25, 0.3) is 0 Å². The number of hydrogen-bond acceptors (Lipinski definition) is 3. The third kappa shape index (κ3) is 7.55. The molecule has 3 N–H and O–H groups in total. The molecule has 132 valence electrons. The van der Waals surface area contributed by atoms with Crippen molar-refractivity contribution in [3.63, 3.8) is 0 Å². The lowest BCUT2D eigenvalue weighted by Crippen LogP contribution is -2.47. The van der Waals surface area contributed by atoms with Gasteiger partial charge in [0.05, 0.1) is 0 Å². The van der Waals surface area contributed by atoms with Crippen LogP contribution in [-0.4, -0.2) is 23.3 Å². The van der Waals surface area contributed by atoms with E-state index in [0.29, 0.717) is 16.6 Å². The van der Waals surface area contributed by atoms with E-state index in [4.69, 9.17) is 12.2 Å². The van der Waals surface area contributed by atoms with Gasteiger partial charge in [-0.2, -0.15) is 0 Å². The van der Waals surface area contributed by atoms with E-state index in [1.165, 1.54) is 0 Å². The molecule has 1 rings (SSSR count). The summed E-state index contributed by atoms with van der Waals surface area (Å²) in [7, 11) is 0. The number of nitrogens with one attached hydrogen (secondary N) is 3. The van der Waals surface area contributed by atoms with Crippen LogP contribution in [0.4, 0.5) is 0 Å². The van der Waals surface area contributed by atoms with Crippen molar-refractivity contribution in [1.82, 2.24) is 16.2 Å². The molecule has 0 unspecified atom stereocenters. The highest BCUT2D eigenvalue weighted by Crippen LogP contribution is 2.12. The van der Waals surface area contributed by atoms with Gasteiger partial charge in [-0.15, -0.1) is 0 Å². The summed E-state index contributed by atoms with van der Waals surface area (Å²) >= 11 is 5.06. The Hall–Kier alpha value is -1.95. The van der Waals surface area contributed by atoms with E-state index in [0.717, 1.165) is 24.1 Å². The fraction of sp³-hybridized carbons (Fsp3) is 0.500. The minimum absolute atomic E-state index is 0.0362. The maximum Gasteiger partial charge on any atom is 0.238 e. The van der Waals surface area contributed by atoms with Gasteiger partial charge in [-0.25, -0.2) is 0 Å². The molecule has 6 heteroatoms. The predicted molar refractivity (Wildman–Crippen MR) is 101 cm³/mol. The Morgan fingerprint density at radius 2 is 1.79 bits per heavy atom. The number of benzene rings is 1. The summed E-state index contributed by atoms with van der Waals surface area (Å²) in [5.41, 5.74) is 8.01. The number of hydrogen-bond donors (Lipinski definition) is 3. The molecule has 0 aliphatic carbocycles. The van der Waals surface area contributed by atoms with Gasteiger partial charge in [0, 0.05) is 24.9 Å². The Bertz CT molecular complexity index is 600. The fourth-order valence-corrected chi connectivity index (χ4v) is 2.15. The van der Waals surface area contributed by atoms with E-state index in [1.807, 2.05) is 26.0 Å². The molecule has 1 aromatic carbocycles. The van der Waals surface area contributed by atoms with E-state index >= 15 is 0 Å². The number of carbonyl (C=O) groups excluding carboxylic acids is 2. The van der Waals surface area contributed by atoms with E-state index in [2.05, 4.69) is 30.0 Å². The van der Waals surface area contributed by atoms with Gasteiger partial charge in [0.2, 0.25) is 5.91 Å². The molecule has 0 aromatic heterocycles. The smallest absolute Gasteiger partial charge is 0.238 e. The van der Waals surface area contributed by atoms with Crippen LogP contribution in [0.3, 0.4) is 0 Å². The molecule has 0 bridgehead atoms. The summed E-state index contributed by atoms with van der Waals surface area (Å²) in [6.45, 7) is 8.99. The van der Waals surface area contributed by atoms with Gasteiger partial charge < -0.3 is 5.32 Å². The predicted octanol–water partition coefficient (Wildman–Crippen LogP) is 2.81. The van der Waals surface area contributed by atoms with Crippen molar-refractivity contribution < 1.29 is 9.59 Å². The van der Waals surface area contributed by atoms with Crippen molar-refractivity contribution >= 4 is 29.0 Å². The number of aryl methyl sites for hydroxylation is 2. The summed E-state index contributed by atoms with van der Waals surface area (Å²) in [4.78, 5) is 23.9. The lowest BCUT2D eigenvalue weighted by atomic mass is 10.0. The molecule has 1 aromatic rings. The van der Waals surface area contributed by atoms with Gasteiger partial charge in [-0.3, -0.25) is 20.4 Å². The topological polar surface area (TPSA) is 70.2 Å². The number of thiocarbonyl (C=S) groups is 1. The number of amides is 1. The SMILES string of the molecule is Cc1ccc(C(=O)CCC(=O)NNC(=S)NCCC(C)C)cc1C. The van der Waals surface area contributed by atoms with Crippen LogP contribution >= 0.6 is 12.2 Å². The molecule has 5 nitrogen and oxygen atoms in total. The Morgan fingerprint density at radius 1 is 1.08 bits per heavy atom. The second-order valence-corrected chi connectivity index (χ2v) is 6.74. The zero-order valence-corrected chi connectivity index (χ0v) is 15.7. The number of Topliss-reactive ketones (excluding diaryl/α,β-unsaturated/α-hetero) is 1. The van der Waals surface area contributed by atoms with Gasteiger partial charge >= 0.3 is 0 Å². The fourth-order valence-electron chi connectivity index (χ4n) is 1.99. The molecule has 0 radical (unpaired) electrons. The number of carbonyl (C=O) groups is 2. The van der Waals surface area contributed by atoms with Crippen LogP contribution in [0.5, 0.6) is 0 Å². The normalized spacial score (nSPS) is 10.4. The van der Waals surface area contributed by atoms with Crippen LogP contribution in [0.1, 0.15) is 54.6 Å². The third-order valence-corrected chi connectivity index (χ3v) is 3.98. The monoisotopic (exact) mass is 349 g/mol. The first-order valence-corrected chi connectivity index (χ1v) is 8.63. The van der Waals surface area contributed by atoms with Crippen molar-refractivity contribution in [3.05, 3.63) is 34.9 Å². The molecule has 0 aliphatic heterocycles. The first kappa shape index (κ1) is 20.1. The molecule has 0 spiro atoms. The number of rotatable bonds is 7. The first-order chi connectivity index (χ1) is 11.3. The Balaban J connectivity index is 2.29. The van der Waals surface area contributed by atoms with Crippen LogP contribution in [0.15, 0.2) is 18.2 Å². The van der Waals surface area contributed by atoms with Crippen molar-refractivity contribution in [2.75, 3.05) is 6.54 Å². The van der Waals surface area contributed by atoms with Crippen LogP contribution in [-0.2, 0) is 4.79 Å². The summed E-state index contributed by atoms with van der Waals surface area (Å²) in [6.07, 6.45) is 1.29. The Labute approximate surface area is 149 Å². The van der Waals surface area contributed by atoms with Gasteiger partial charge in [-0.05, 0) is 55.6 Å². The summed E-state index contributed by atoms with van der Waals surface area (Å²) in [5, 5.41) is 3.39. The molecule has 1 amide bonds. The lowest BCUT2D eigenvalue weighted by Gasteiger charge is -2.12. The minimum Gasteiger partial charge on any atom is -0.361 e. The molecule has 0 atom stereocenters. The standard InChI is InChI=1S/C18H27N3O2S/c1-12(2)9-10-19-18(24)21-20-17(23)8-7-16(22)15-6-5-13(3)14(4)11-15/h5-6,11-12H,7-10H2,1-4H3,(H,20,23)(H2,19,21,24). The van der Waals surface area contributed by atoms with E-state index < -0.39 is 0 Å². The quantitative estimate of drug-likeness (QED) is 0.401. The largest absolute Gasteiger partial charge is 0.361 e. The molecule has 0 fully saturated rings. The molecule has 24 heavy (non-hydrogen) atoms. The van der Waals surface area contributed by atoms with Crippen molar-refractivity contribution in [1.29, 1.82) is 0 Å². The number of hydrazine groups is 1. The Kier molecular flexibility index (Phi) is 8.40. The molecular weight excluding hydrogens is 322 g/mol. The minimum atomic E-state index is -0.264.